The lowest BCUT2D eigenvalue weighted by Crippen LogP contribution is -2.50. The molecule has 1 atom stereocenters. The maximum Gasteiger partial charge on any atom is 0.410 e. The van der Waals surface area contributed by atoms with Gasteiger partial charge in [0.05, 0.1) is 23.6 Å². The van der Waals surface area contributed by atoms with Crippen LogP contribution in [-0.4, -0.2) is 48.3 Å². The van der Waals surface area contributed by atoms with Crippen molar-refractivity contribution >= 4 is 34.4 Å². The lowest BCUT2D eigenvalue weighted by molar-refractivity contribution is 0.0445. The smallest absolute Gasteiger partial charge is 0.410 e. The van der Waals surface area contributed by atoms with E-state index in [2.05, 4.69) is 4.90 Å². The van der Waals surface area contributed by atoms with Crippen LogP contribution in [0, 0.1) is 0 Å². The fraction of sp³-hybridized carbons (Fsp3) is 0.412. The topological polar surface area (TPSA) is 45.7 Å². The SMILES string of the molecule is CN1C[C@@]2(CCCN(c3ccc4cccc(Cl)c4n3)C2)OC1=O. The molecule has 2 aromatic rings. The number of carbonyl (C=O) groups excluding carboxylic acids is 1. The molecule has 0 N–H and O–H groups in total. The monoisotopic (exact) mass is 331 g/mol. The fourth-order valence-corrected chi connectivity index (χ4v) is 3.80. The molecule has 0 bridgehead atoms. The lowest BCUT2D eigenvalue weighted by Gasteiger charge is -2.39. The van der Waals surface area contributed by atoms with E-state index in [-0.39, 0.29) is 6.09 Å². The number of ether oxygens (including phenoxy) is 1. The molecule has 1 amide bonds. The predicted octanol–water partition coefficient (Wildman–Crippen LogP) is 3.31. The molecule has 6 heteroatoms. The largest absolute Gasteiger partial charge is 0.439 e. The molecule has 5 nitrogen and oxygen atoms in total. The minimum absolute atomic E-state index is 0.235. The highest BCUT2D eigenvalue weighted by atomic mass is 35.5. The van der Waals surface area contributed by atoms with Crippen LogP contribution in [-0.2, 0) is 4.74 Å². The number of halogens is 1. The van der Waals surface area contributed by atoms with Crippen LogP contribution in [0.1, 0.15) is 12.8 Å². The average molecular weight is 332 g/mol. The van der Waals surface area contributed by atoms with Crippen LogP contribution in [0.15, 0.2) is 30.3 Å². The molecule has 0 saturated carbocycles. The third kappa shape index (κ3) is 2.49. The number of carbonyl (C=O) groups is 1. The molecule has 3 heterocycles. The predicted molar refractivity (Wildman–Crippen MR) is 90.0 cm³/mol. The van der Waals surface area contributed by atoms with Crippen molar-refractivity contribution < 1.29 is 9.53 Å². The Hall–Kier alpha value is -2.01. The highest BCUT2D eigenvalue weighted by Crippen LogP contribution is 2.34. The van der Waals surface area contributed by atoms with E-state index in [0.717, 1.165) is 36.1 Å². The maximum absolute atomic E-state index is 11.8. The standard InChI is InChI=1S/C17H18ClN3O2/c1-20-10-17(23-16(20)22)8-3-9-21(11-17)14-7-6-12-4-2-5-13(18)15(12)19-14/h2,4-7H,3,8-11H2,1H3/t17-/m1/s1. The second-order valence-corrected chi connectivity index (χ2v) is 6.82. The summed E-state index contributed by atoms with van der Waals surface area (Å²) >= 11 is 6.27. The first-order valence-electron chi connectivity index (χ1n) is 7.81. The Bertz CT molecular complexity index is 782. The van der Waals surface area contributed by atoms with Crippen LogP contribution in [0.25, 0.3) is 10.9 Å². The van der Waals surface area contributed by atoms with Crippen LogP contribution in [0.5, 0.6) is 0 Å². The number of para-hydroxylation sites is 1. The molecule has 0 unspecified atom stereocenters. The Morgan fingerprint density at radius 2 is 2.13 bits per heavy atom. The van der Waals surface area contributed by atoms with E-state index in [0.29, 0.717) is 18.1 Å². The van der Waals surface area contributed by atoms with Gasteiger partial charge in [-0.1, -0.05) is 23.7 Å². The Morgan fingerprint density at radius 3 is 2.91 bits per heavy atom. The second kappa shape index (κ2) is 5.27. The Morgan fingerprint density at radius 1 is 1.26 bits per heavy atom. The molecule has 1 aromatic heterocycles. The number of nitrogens with zero attached hydrogens (tertiary/aromatic N) is 3. The van der Waals surface area contributed by atoms with E-state index in [9.17, 15) is 4.79 Å². The molecule has 1 spiro atoms. The Balaban J connectivity index is 1.65. The number of hydrogen-bond acceptors (Lipinski definition) is 4. The highest BCUT2D eigenvalue weighted by molar-refractivity contribution is 6.35. The number of pyridine rings is 1. The first kappa shape index (κ1) is 14.6. The van der Waals surface area contributed by atoms with Crippen LogP contribution < -0.4 is 4.90 Å². The Labute approximate surface area is 139 Å². The van der Waals surface area contributed by atoms with Crippen molar-refractivity contribution in [2.24, 2.45) is 0 Å². The first-order valence-corrected chi connectivity index (χ1v) is 8.19. The van der Waals surface area contributed by atoms with Gasteiger partial charge >= 0.3 is 6.09 Å². The van der Waals surface area contributed by atoms with E-state index in [4.69, 9.17) is 21.3 Å². The fourth-order valence-electron chi connectivity index (χ4n) is 3.57. The number of fused-ring (bicyclic) bond motifs is 1. The summed E-state index contributed by atoms with van der Waals surface area (Å²) in [6, 6.07) is 9.83. The van der Waals surface area contributed by atoms with Gasteiger partial charge < -0.3 is 14.5 Å². The van der Waals surface area contributed by atoms with Crippen molar-refractivity contribution in [2.45, 2.75) is 18.4 Å². The van der Waals surface area contributed by atoms with Gasteiger partial charge in [-0.3, -0.25) is 0 Å². The zero-order valence-corrected chi connectivity index (χ0v) is 13.7. The van der Waals surface area contributed by atoms with Crippen molar-refractivity contribution in [1.82, 2.24) is 9.88 Å². The van der Waals surface area contributed by atoms with Crippen LogP contribution in [0.4, 0.5) is 10.6 Å². The van der Waals surface area contributed by atoms with Crippen molar-refractivity contribution in [3.63, 3.8) is 0 Å². The Kier molecular flexibility index (Phi) is 3.34. The normalized spacial score (nSPS) is 24.5. The quantitative estimate of drug-likeness (QED) is 0.804. The number of aromatic nitrogens is 1. The van der Waals surface area contributed by atoms with Crippen molar-refractivity contribution in [1.29, 1.82) is 0 Å². The number of hydrogen-bond donors (Lipinski definition) is 0. The summed E-state index contributed by atoms with van der Waals surface area (Å²) in [5, 5.41) is 1.68. The van der Waals surface area contributed by atoms with E-state index in [1.54, 1.807) is 11.9 Å². The minimum Gasteiger partial charge on any atom is -0.439 e. The van der Waals surface area contributed by atoms with E-state index >= 15 is 0 Å². The van der Waals surface area contributed by atoms with Gasteiger partial charge in [0, 0.05) is 19.0 Å². The van der Waals surface area contributed by atoms with Crippen molar-refractivity contribution in [3.8, 4) is 0 Å². The molecular weight excluding hydrogens is 314 g/mol. The molecule has 2 aliphatic rings. The third-order valence-corrected chi connectivity index (χ3v) is 4.97. The molecule has 0 aliphatic carbocycles. The third-order valence-electron chi connectivity index (χ3n) is 4.66. The molecule has 2 saturated heterocycles. The van der Waals surface area contributed by atoms with Gasteiger partial charge in [0.1, 0.15) is 11.4 Å². The van der Waals surface area contributed by atoms with Crippen LogP contribution in [0.3, 0.4) is 0 Å². The molecule has 4 rings (SSSR count). The van der Waals surface area contributed by atoms with Crippen molar-refractivity contribution in [2.75, 3.05) is 31.6 Å². The van der Waals surface area contributed by atoms with E-state index in [1.165, 1.54) is 0 Å². The molecule has 0 radical (unpaired) electrons. The molecule has 120 valence electrons. The van der Waals surface area contributed by atoms with Gasteiger partial charge in [-0.05, 0) is 31.0 Å². The minimum atomic E-state index is -0.415. The van der Waals surface area contributed by atoms with Crippen LogP contribution >= 0.6 is 11.6 Å². The summed E-state index contributed by atoms with van der Waals surface area (Å²) in [6.45, 7) is 2.22. The molecule has 23 heavy (non-hydrogen) atoms. The number of benzene rings is 1. The second-order valence-electron chi connectivity index (χ2n) is 6.41. The molecule has 2 aliphatic heterocycles. The summed E-state index contributed by atoms with van der Waals surface area (Å²) in [5.41, 5.74) is 0.396. The molecule has 1 aromatic carbocycles. The summed E-state index contributed by atoms with van der Waals surface area (Å²) in [4.78, 5) is 20.3. The molecular formula is C17H18ClN3O2. The zero-order chi connectivity index (χ0) is 16.0. The summed E-state index contributed by atoms with van der Waals surface area (Å²) in [7, 11) is 1.78. The number of anilines is 1. The lowest BCUT2D eigenvalue weighted by atomic mass is 9.93. The number of piperidine rings is 1. The van der Waals surface area contributed by atoms with E-state index < -0.39 is 5.60 Å². The van der Waals surface area contributed by atoms with Gasteiger partial charge in [-0.25, -0.2) is 9.78 Å². The number of amides is 1. The van der Waals surface area contributed by atoms with Gasteiger partial charge in [0.25, 0.3) is 0 Å². The number of rotatable bonds is 1. The summed E-state index contributed by atoms with van der Waals surface area (Å²) in [5.74, 6) is 0.885. The van der Waals surface area contributed by atoms with Crippen LogP contribution in [0.2, 0.25) is 5.02 Å². The van der Waals surface area contributed by atoms with Gasteiger partial charge in [0.2, 0.25) is 0 Å². The van der Waals surface area contributed by atoms with Gasteiger partial charge in [-0.2, -0.15) is 0 Å². The number of likely N-dealkylation sites (N-methyl/N-ethyl adjacent to an activating group) is 1. The van der Waals surface area contributed by atoms with E-state index in [1.807, 2.05) is 30.3 Å². The molecule has 2 fully saturated rings. The maximum atomic E-state index is 11.8. The first-order chi connectivity index (χ1) is 11.1. The zero-order valence-electron chi connectivity index (χ0n) is 13.0. The average Bonchev–Trinajstić information content (AvgIpc) is 2.81. The van der Waals surface area contributed by atoms with Crippen molar-refractivity contribution in [3.05, 3.63) is 35.4 Å². The summed E-state index contributed by atoms with van der Waals surface area (Å²) in [6.07, 6.45) is 1.64. The van der Waals surface area contributed by atoms with Gasteiger partial charge in [0.15, 0.2) is 0 Å². The highest BCUT2D eigenvalue weighted by Gasteiger charge is 2.46. The van der Waals surface area contributed by atoms with Gasteiger partial charge in [-0.15, -0.1) is 0 Å². The summed E-state index contributed by atoms with van der Waals surface area (Å²) < 4.78 is 5.66.